The van der Waals surface area contributed by atoms with Crippen LogP contribution < -0.4 is 5.73 Å². The van der Waals surface area contributed by atoms with Crippen LogP contribution in [0, 0.1) is 5.92 Å². The predicted octanol–water partition coefficient (Wildman–Crippen LogP) is 1.59. The summed E-state index contributed by atoms with van der Waals surface area (Å²) in [6, 6.07) is 7.84. The highest BCUT2D eigenvalue weighted by Gasteiger charge is 2.36. The molecule has 3 heterocycles. The van der Waals surface area contributed by atoms with Crippen LogP contribution in [0.25, 0.3) is 0 Å². The monoisotopic (exact) mass is 230 g/mol. The van der Waals surface area contributed by atoms with E-state index in [-0.39, 0.29) is 5.91 Å². The van der Waals surface area contributed by atoms with E-state index in [2.05, 4.69) is 11.0 Å². The standard InChI is InChI=1S/C14H18N2O/c15-14(17)12-4-2-1-3-11(12)13-9-16-7-5-10(13)6-8-16/h1-4,10,13H,5-9H2,(H2,15,17). The second kappa shape index (κ2) is 4.15. The van der Waals surface area contributed by atoms with Gasteiger partial charge >= 0.3 is 0 Å². The van der Waals surface area contributed by atoms with Gasteiger partial charge in [-0.05, 0) is 43.5 Å². The number of primary amides is 1. The maximum Gasteiger partial charge on any atom is 0.248 e. The third kappa shape index (κ3) is 1.84. The van der Waals surface area contributed by atoms with Crippen LogP contribution in [0.15, 0.2) is 24.3 Å². The molecule has 3 fully saturated rings. The molecule has 1 unspecified atom stereocenters. The van der Waals surface area contributed by atoms with Gasteiger partial charge in [0.15, 0.2) is 0 Å². The number of piperidine rings is 3. The van der Waals surface area contributed by atoms with Crippen molar-refractivity contribution in [3.05, 3.63) is 35.4 Å². The molecule has 1 atom stereocenters. The minimum Gasteiger partial charge on any atom is -0.366 e. The molecule has 2 bridgehead atoms. The first kappa shape index (κ1) is 10.8. The summed E-state index contributed by atoms with van der Waals surface area (Å²) in [4.78, 5) is 14.0. The molecule has 1 aromatic rings. The number of carbonyl (C=O) groups excluding carboxylic acids is 1. The van der Waals surface area contributed by atoms with E-state index in [0.29, 0.717) is 11.5 Å². The molecule has 17 heavy (non-hydrogen) atoms. The summed E-state index contributed by atoms with van der Waals surface area (Å²) >= 11 is 0. The number of carbonyl (C=O) groups is 1. The fraction of sp³-hybridized carbons (Fsp3) is 0.500. The molecule has 0 aliphatic carbocycles. The van der Waals surface area contributed by atoms with Gasteiger partial charge in [-0.1, -0.05) is 18.2 Å². The van der Waals surface area contributed by atoms with E-state index < -0.39 is 0 Å². The number of rotatable bonds is 2. The lowest BCUT2D eigenvalue weighted by Crippen LogP contribution is -2.46. The summed E-state index contributed by atoms with van der Waals surface area (Å²) in [5, 5.41) is 0. The van der Waals surface area contributed by atoms with Crippen molar-refractivity contribution >= 4 is 5.91 Å². The number of benzene rings is 1. The van der Waals surface area contributed by atoms with Gasteiger partial charge in [0.2, 0.25) is 5.91 Å². The van der Waals surface area contributed by atoms with E-state index in [4.69, 9.17) is 5.73 Å². The largest absolute Gasteiger partial charge is 0.366 e. The Morgan fingerprint density at radius 2 is 1.94 bits per heavy atom. The van der Waals surface area contributed by atoms with Gasteiger partial charge in [-0.2, -0.15) is 0 Å². The Bertz CT molecular complexity index is 436. The molecule has 1 aromatic carbocycles. The van der Waals surface area contributed by atoms with Crippen LogP contribution in [0.5, 0.6) is 0 Å². The van der Waals surface area contributed by atoms with Crippen molar-refractivity contribution in [2.75, 3.05) is 19.6 Å². The van der Waals surface area contributed by atoms with E-state index in [1.54, 1.807) is 0 Å². The van der Waals surface area contributed by atoms with Crippen LogP contribution >= 0.6 is 0 Å². The third-order valence-corrected chi connectivity index (χ3v) is 4.28. The summed E-state index contributed by atoms with van der Waals surface area (Å²) in [7, 11) is 0. The van der Waals surface area contributed by atoms with Gasteiger partial charge in [0.1, 0.15) is 0 Å². The maximum absolute atomic E-state index is 11.5. The number of fused-ring (bicyclic) bond motifs is 3. The molecule has 0 radical (unpaired) electrons. The highest BCUT2D eigenvalue weighted by Crippen LogP contribution is 2.39. The smallest absolute Gasteiger partial charge is 0.248 e. The van der Waals surface area contributed by atoms with Gasteiger partial charge in [0, 0.05) is 18.0 Å². The van der Waals surface area contributed by atoms with Crippen molar-refractivity contribution < 1.29 is 4.79 Å². The van der Waals surface area contributed by atoms with E-state index >= 15 is 0 Å². The molecule has 1 amide bonds. The Morgan fingerprint density at radius 3 is 2.53 bits per heavy atom. The third-order valence-electron chi connectivity index (χ3n) is 4.28. The van der Waals surface area contributed by atoms with Crippen molar-refractivity contribution in [2.24, 2.45) is 11.7 Å². The molecular weight excluding hydrogens is 212 g/mol. The van der Waals surface area contributed by atoms with Crippen LogP contribution in [0.3, 0.4) is 0 Å². The van der Waals surface area contributed by atoms with Gasteiger partial charge in [-0.25, -0.2) is 0 Å². The summed E-state index contributed by atoms with van der Waals surface area (Å²) in [5.74, 6) is 0.943. The molecule has 3 heteroatoms. The lowest BCUT2D eigenvalue weighted by molar-refractivity contribution is 0.0856. The van der Waals surface area contributed by atoms with Crippen molar-refractivity contribution in [3.8, 4) is 0 Å². The van der Waals surface area contributed by atoms with Crippen LogP contribution in [-0.2, 0) is 0 Å². The maximum atomic E-state index is 11.5. The first-order valence-corrected chi connectivity index (χ1v) is 6.37. The molecular formula is C14H18N2O. The zero-order valence-electron chi connectivity index (χ0n) is 9.93. The van der Waals surface area contributed by atoms with E-state index in [1.165, 1.54) is 25.9 Å². The normalized spacial score (nSPS) is 31.4. The van der Waals surface area contributed by atoms with E-state index in [1.807, 2.05) is 18.2 Å². The lowest BCUT2D eigenvalue weighted by atomic mass is 9.74. The van der Waals surface area contributed by atoms with E-state index in [9.17, 15) is 4.79 Å². The first-order valence-electron chi connectivity index (χ1n) is 6.37. The van der Waals surface area contributed by atoms with Crippen molar-refractivity contribution in [1.82, 2.24) is 4.90 Å². The Labute approximate surface area is 102 Å². The van der Waals surface area contributed by atoms with Crippen LogP contribution in [0.1, 0.15) is 34.7 Å². The fourth-order valence-electron chi connectivity index (χ4n) is 3.36. The van der Waals surface area contributed by atoms with Crippen LogP contribution in [0.4, 0.5) is 0 Å². The number of nitrogens with two attached hydrogens (primary N) is 1. The summed E-state index contributed by atoms with van der Waals surface area (Å²) < 4.78 is 0. The highest BCUT2D eigenvalue weighted by atomic mass is 16.1. The number of hydrogen-bond donors (Lipinski definition) is 1. The van der Waals surface area contributed by atoms with Gasteiger partial charge in [0.05, 0.1) is 0 Å². The SMILES string of the molecule is NC(=O)c1ccccc1C1CN2CCC1CC2. The molecule has 0 aromatic heterocycles. The fourth-order valence-corrected chi connectivity index (χ4v) is 3.36. The van der Waals surface area contributed by atoms with Gasteiger partial charge in [-0.15, -0.1) is 0 Å². The average molecular weight is 230 g/mol. The van der Waals surface area contributed by atoms with Crippen molar-refractivity contribution in [2.45, 2.75) is 18.8 Å². The Hall–Kier alpha value is -1.35. The minimum atomic E-state index is -0.294. The summed E-state index contributed by atoms with van der Waals surface area (Å²) in [5.41, 5.74) is 7.34. The number of amides is 1. The average Bonchev–Trinajstić information content (AvgIpc) is 2.40. The Balaban J connectivity index is 1.96. The van der Waals surface area contributed by atoms with Crippen molar-refractivity contribution in [1.29, 1.82) is 0 Å². The van der Waals surface area contributed by atoms with Gasteiger partial charge in [-0.3, -0.25) is 4.79 Å². The first-order chi connectivity index (χ1) is 8.25. The lowest BCUT2D eigenvalue weighted by Gasteiger charge is -2.45. The highest BCUT2D eigenvalue weighted by molar-refractivity contribution is 5.94. The molecule has 3 aliphatic rings. The molecule has 0 saturated carbocycles. The minimum absolute atomic E-state index is 0.294. The number of nitrogens with zero attached hydrogens (tertiary/aromatic N) is 1. The van der Waals surface area contributed by atoms with E-state index in [0.717, 1.165) is 18.0 Å². The Kier molecular flexibility index (Phi) is 2.63. The quantitative estimate of drug-likeness (QED) is 0.838. The van der Waals surface area contributed by atoms with Gasteiger partial charge in [0.25, 0.3) is 0 Å². The second-order valence-electron chi connectivity index (χ2n) is 5.20. The number of hydrogen-bond acceptors (Lipinski definition) is 2. The molecule has 3 saturated heterocycles. The molecule has 0 spiro atoms. The molecule has 90 valence electrons. The zero-order chi connectivity index (χ0) is 11.8. The topological polar surface area (TPSA) is 46.3 Å². The molecule has 4 rings (SSSR count). The Morgan fingerprint density at radius 1 is 1.24 bits per heavy atom. The molecule has 3 nitrogen and oxygen atoms in total. The van der Waals surface area contributed by atoms with Crippen LogP contribution in [0.2, 0.25) is 0 Å². The van der Waals surface area contributed by atoms with Gasteiger partial charge < -0.3 is 10.6 Å². The molecule has 3 aliphatic heterocycles. The van der Waals surface area contributed by atoms with Crippen LogP contribution in [-0.4, -0.2) is 30.4 Å². The second-order valence-corrected chi connectivity index (χ2v) is 5.20. The van der Waals surface area contributed by atoms with Crippen molar-refractivity contribution in [3.63, 3.8) is 0 Å². The molecule has 2 N–H and O–H groups in total. The summed E-state index contributed by atoms with van der Waals surface area (Å²) in [6.07, 6.45) is 2.52. The summed E-state index contributed by atoms with van der Waals surface area (Å²) in [6.45, 7) is 3.54. The predicted molar refractivity (Wildman–Crippen MR) is 66.9 cm³/mol. The zero-order valence-corrected chi connectivity index (χ0v) is 9.93.